The van der Waals surface area contributed by atoms with E-state index in [0.29, 0.717) is 0 Å². The maximum Gasteiger partial charge on any atom is 0.244 e. The van der Waals surface area contributed by atoms with Gasteiger partial charge in [-0.15, -0.1) is 6.58 Å². The van der Waals surface area contributed by atoms with Crippen LogP contribution in [0.15, 0.2) is 42.6 Å². The topological polar surface area (TPSA) is 9.23 Å². The van der Waals surface area contributed by atoms with E-state index >= 15 is 0 Å². The first-order chi connectivity index (χ1) is 5.73. The number of hydrogen-bond acceptors (Lipinski definition) is 1. The van der Waals surface area contributed by atoms with Crippen molar-refractivity contribution < 1.29 is 4.43 Å². The summed E-state index contributed by atoms with van der Waals surface area (Å²) in [6, 6.07) is 10.3. The Bertz CT molecular complexity index is 258. The van der Waals surface area contributed by atoms with Crippen LogP contribution >= 0.6 is 0 Å². The lowest BCUT2D eigenvalue weighted by atomic mass is 10.4. The van der Waals surface area contributed by atoms with Gasteiger partial charge in [-0.1, -0.05) is 36.0 Å². The summed E-state index contributed by atoms with van der Waals surface area (Å²) in [7, 11) is -0.0587. The quantitative estimate of drug-likeness (QED) is 0.642. The second-order valence-corrected chi connectivity index (χ2v) is 6.49. The standard InChI is InChI=1S/C10H14OSi/c1-4-12(3,11-2)10-8-6-5-7-9-10/h4-9H,1H2,2-3H3. The summed E-state index contributed by atoms with van der Waals surface area (Å²) in [6.45, 7) is 5.95. The Balaban J connectivity index is 3.03. The van der Waals surface area contributed by atoms with E-state index in [9.17, 15) is 0 Å². The summed E-state index contributed by atoms with van der Waals surface area (Å²) in [5.41, 5.74) is 1.95. The minimum Gasteiger partial charge on any atom is -0.412 e. The van der Waals surface area contributed by atoms with Crippen LogP contribution in [-0.4, -0.2) is 15.4 Å². The van der Waals surface area contributed by atoms with Gasteiger partial charge in [-0.05, 0) is 11.7 Å². The molecule has 0 amide bonds. The van der Waals surface area contributed by atoms with Crippen LogP contribution in [0.5, 0.6) is 0 Å². The summed E-state index contributed by atoms with van der Waals surface area (Å²) in [5.74, 6) is 0. The highest BCUT2D eigenvalue weighted by Crippen LogP contribution is 2.04. The molecule has 0 heterocycles. The molecule has 1 nitrogen and oxygen atoms in total. The third kappa shape index (κ3) is 1.65. The Kier molecular flexibility index (Phi) is 2.84. The largest absolute Gasteiger partial charge is 0.412 e. The molecule has 0 aromatic heterocycles. The lowest BCUT2D eigenvalue weighted by molar-refractivity contribution is 0.420. The van der Waals surface area contributed by atoms with Crippen molar-refractivity contribution in [1.82, 2.24) is 0 Å². The molecular weight excluding hydrogens is 164 g/mol. The monoisotopic (exact) mass is 178 g/mol. The van der Waals surface area contributed by atoms with E-state index in [-0.39, 0.29) is 0 Å². The predicted molar refractivity (Wildman–Crippen MR) is 54.9 cm³/mol. The van der Waals surface area contributed by atoms with Gasteiger partial charge in [0.25, 0.3) is 0 Å². The minimum atomic E-state index is -1.81. The lowest BCUT2D eigenvalue weighted by Crippen LogP contribution is -2.45. The molecule has 0 radical (unpaired) electrons. The molecule has 1 aromatic carbocycles. The molecule has 1 rings (SSSR count). The van der Waals surface area contributed by atoms with Gasteiger partial charge >= 0.3 is 0 Å². The minimum absolute atomic E-state index is 1.27. The van der Waals surface area contributed by atoms with Crippen molar-refractivity contribution in [2.24, 2.45) is 0 Å². The van der Waals surface area contributed by atoms with E-state index in [4.69, 9.17) is 4.43 Å². The molecule has 0 aliphatic rings. The van der Waals surface area contributed by atoms with Gasteiger partial charge in [0.05, 0.1) is 0 Å². The molecule has 0 spiro atoms. The van der Waals surface area contributed by atoms with E-state index in [0.717, 1.165) is 0 Å². The Hall–Kier alpha value is -0.863. The zero-order chi connectivity index (χ0) is 9.03. The van der Waals surface area contributed by atoms with Gasteiger partial charge in [0.1, 0.15) is 0 Å². The highest BCUT2D eigenvalue weighted by Gasteiger charge is 2.25. The summed E-state index contributed by atoms with van der Waals surface area (Å²) in [4.78, 5) is 0. The van der Waals surface area contributed by atoms with Gasteiger partial charge in [0, 0.05) is 7.11 Å². The van der Waals surface area contributed by atoms with Crippen LogP contribution in [-0.2, 0) is 4.43 Å². The highest BCUT2D eigenvalue weighted by atomic mass is 28.4. The molecule has 2 heteroatoms. The van der Waals surface area contributed by atoms with Crippen LogP contribution in [0.4, 0.5) is 0 Å². The summed E-state index contributed by atoms with van der Waals surface area (Å²) >= 11 is 0. The molecule has 0 fully saturated rings. The first-order valence-electron chi connectivity index (χ1n) is 3.97. The smallest absolute Gasteiger partial charge is 0.244 e. The summed E-state index contributed by atoms with van der Waals surface area (Å²) in [5, 5.41) is 1.27. The normalized spacial score (nSPS) is 15.2. The molecular formula is C10H14OSi. The Morgan fingerprint density at radius 2 is 1.92 bits per heavy atom. The van der Waals surface area contributed by atoms with Gasteiger partial charge in [-0.2, -0.15) is 0 Å². The molecule has 0 bridgehead atoms. The maximum absolute atomic E-state index is 5.49. The first-order valence-corrected chi connectivity index (χ1v) is 6.46. The molecule has 64 valence electrons. The zero-order valence-corrected chi connectivity index (χ0v) is 8.58. The number of rotatable bonds is 3. The molecule has 1 aromatic rings. The summed E-state index contributed by atoms with van der Waals surface area (Å²) < 4.78 is 5.49. The van der Waals surface area contributed by atoms with Gasteiger partial charge in [0.2, 0.25) is 8.32 Å². The second-order valence-electron chi connectivity index (χ2n) is 2.88. The van der Waals surface area contributed by atoms with E-state index in [1.807, 2.05) is 23.9 Å². The molecule has 0 saturated heterocycles. The highest BCUT2D eigenvalue weighted by molar-refractivity contribution is 6.89. The Morgan fingerprint density at radius 3 is 2.33 bits per heavy atom. The first kappa shape index (κ1) is 9.23. The zero-order valence-electron chi connectivity index (χ0n) is 7.58. The van der Waals surface area contributed by atoms with Crippen LogP contribution < -0.4 is 5.19 Å². The maximum atomic E-state index is 5.49. The predicted octanol–water partition coefficient (Wildman–Crippen LogP) is 1.84. The van der Waals surface area contributed by atoms with Crippen molar-refractivity contribution in [3.8, 4) is 0 Å². The fourth-order valence-electron chi connectivity index (χ4n) is 1.09. The van der Waals surface area contributed by atoms with E-state index in [1.54, 1.807) is 7.11 Å². The fraction of sp³-hybridized carbons (Fsp3) is 0.200. The molecule has 1 unspecified atom stereocenters. The molecule has 1 atom stereocenters. The van der Waals surface area contributed by atoms with Crippen molar-refractivity contribution in [3.05, 3.63) is 42.6 Å². The molecule has 12 heavy (non-hydrogen) atoms. The van der Waals surface area contributed by atoms with Crippen LogP contribution in [0.25, 0.3) is 0 Å². The van der Waals surface area contributed by atoms with Crippen LogP contribution in [0, 0.1) is 0 Å². The van der Waals surface area contributed by atoms with E-state index < -0.39 is 8.32 Å². The third-order valence-electron chi connectivity index (χ3n) is 2.16. The van der Waals surface area contributed by atoms with Gasteiger partial charge < -0.3 is 4.43 Å². The fourth-order valence-corrected chi connectivity index (χ4v) is 2.58. The molecule has 0 aliphatic carbocycles. The Labute approximate surface area is 74.8 Å². The summed E-state index contributed by atoms with van der Waals surface area (Å²) in [6.07, 6.45) is 0. The van der Waals surface area contributed by atoms with E-state index in [1.165, 1.54) is 5.19 Å². The lowest BCUT2D eigenvalue weighted by Gasteiger charge is -2.20. The third-order valence-corrected chi connectivity index (χ3v) is 5.27. The SMILES string of the molecule is C=C[Si](C)(OC)c1ccccc1. The number of benzene rings is 1. The van der Waals surface area contributed by atoms with Gasteiger partial charge in [-0.3, -0.25) is 0 Å². The molecule has 0 N–H and O–H groups in total. The average Bonchev–Trinajstić information content (AvgIpc) is 2.18. The molecule has 0 saturated carbocycles. The molecule has 0 aliphatic heterocycles. The van der Waals surface area contributed by atoms with Crippen LogP contribution in [0.3, 0.4) is 0 Å². The van der Waals surface area contributed by atoms with Crippen molar-refractivity contribution in [1.29, 1.82) is 0 Å². The van der Waals surface area contributed by atoms with Crippen molar-refractivity contribution in [2.45, 2.75) is 6.55 Å². The van der Waals surface area contributed by atoms with Crippen molar-refractivity contribution in [3.63, 3.8) is 0 Å². The van der Waals surface area contributed by atoms with Crippen LogP contribution in [0.2, 0.25) is 6.55 Å². The second kappa shape index (κ2) is 3.69. The van der Waals surface area contributed by atoms with Crippen LogP contribution in [0.1, 0.15) is 0 Å². The van der Waals surface area contributed by atoms with Crippen molar-refractivity contribution >= 4 is 13.5 Å². The van der Waals surface area contributed by atoms with Gasteiger partial charge in [0.15, 0.2) is 0 Å². The number of hydrogen-bond donors (Lipinski definition) is 0. The average molecular weight is 178 g/mol. The van der Waals surface area contributed by atoms with E-state index in [2.05, 4.69) is 25.3 Å². The Morgan fingerprint density at radius 1 is 1.33 bits per heavy atom. The van der Waals surface area contributed by atoms with Gasteiger partial charge in [-0.25, -0.2) is 0 Å². The van der Waals surface area contributed by atoms with Crippen molar-refractivity contribution in [2.75, 3.05) is 7.11 Å².